The van der Waals surface area contributed by atoms with Crippen LogP contribution in [0.5, 0.6) is 0 Å². The largest absolute Gasteiger partial charge is 0.335 e. The number of rotatable bonds is 4. The van der Waals surface area contributed by atoms with Crippen LogP contribution in [-0.4, -0.2) is 37.2 Å². The minimum atomic E-state index is -0.413. The Balaban J connectivity index is 1.31. The van der Waals surface area contributed by atoms with Crippen LogP contribution in [0.3, 0.4) is 0 Å². The summed E-state index contributed by atoms with van der Waals surface area (Å²) in [6.45, 7) is 0. The molecule has 140 valence electrons. The van der Waals surface area contributed by atoms with Crippen molar-refractivity contribution in [2.75, 3.05) is 5.32 Å². The fourth-order valence-corrected chi connectivity index (χ4v) is 3.13. The molecule has 1 unspecified atom stereocenters. The van der Waals surface area contributed by atoms with Gasteiger partial charge in [-0.25, -0.2) is 9.18 Å². The van der Waals surface area contributed by atoms with Crippen molar-refractivity contribution < 1.29 is 13.7 Å². The van der Waals surface area contributed by atoms with E-state index < -0.39 is 6.03 Å². The lowest BCUT2D eigenvalue weighted by Crippen LogP contribution is -2.41. The van der Waals surface area contributed by atoms with Crippen LogP contribution in [0.25, 0.3) is 0 Å². The second kappa shape index (κ2) is 7.14. The van der Waals surface area contributed by atoms with Gasteiger partial charge in [-0.05, 0) is 30.5 Å². The molecule has 10 heteroatoms. The number of amides is 2. The molecule has 0 radical (unpaired) electrons. The topological polar surface area (TPSA) is 111 Å². The van der Waals surface area contributed by atoms with Crippen LogP contribution in [0.4, 0.5) is 15.2 Å². The van der Waals surface area contributed by atoms with Crippen molar-refractivity contribution in [1.29, 1.82) is 0 Å². The molecule has 4 rings (SSSR count). The maximum absolute atomic E-state index is 12.9. The number of aromatic nitrogens is 5. The summed E-state index contributed by atoms with van der Waals surface area (Å²) in [5, 5.41) is 17.4. The Bertz CT molecular complexity index is 951. The van der Waals surface area contributed by atoms with Gasteiger partial charge in [0.2, 0.25) is 0 Å². The van der Waals surface area contributed by atoms with Crippen molar-refractivity contribution in [2.45, 2.75) is 31.7 Å². The third-order valence-corrected chi connectivity index (χ3v) is 4.49. The normalized spacial score (nSPS) is 16.0. The zero-order chi connectivity index (χ0) is 18.8. The summed E-state index contributed by atoms with van der Waals surface area (Å²) in [5.41, 5.74) is 2.86. The molecule has 0 aliphatic heterocycles. The fraction of sp³-hybridized carbons (Fsp3) is 0.353. The first-order valence-corrected chi connectivity index (χ1v) is 8.59. The van der Waals surface area contributed by atoms with Gasteiger partial charge in [-0.2, -0.15) is 4.98 Å². The standard InChI is InChI=1S/C17H18FN7O2/c1-25-14-7-6-12(9-13(14)22-24-25)19-16(26)21-17-20-15(23-27-17)8-10-2-4-11(18)5-3-10/h2-5,12H,6-9H2,1H3,(H2,19,20,21,23,26). The summed E-state index contributed by atoms with van der Waals surface area (Å²) >= 11 is 0. The number of nitrogens with one attached hydrogen (secondary N) is 2. The highest BCUT2D eigenvalue weighted by atomic mass is 19.1. The molecule has 1 aromatic carbocycles. The van der Waals surface area contributed by atoms with Crippen molar-refractivity contribution in [2.24, 2.45) is 7.05 Å². The van der Waals surface area contributed by atoms with Crippen LogP contribution in [0.2, 0.25) is 0 Å². The molecule has 2 heterocycles. The van der Waals surface area contributed by atoms with Gasteiger partial charge in [0.05, 0.1) is 11.4 Å². The number of halogens is 1. The highest BCUT2D eigenvalue weighted by Gasteiger charge is 2.24. The zero-order valence-electron chi connectivity index (χ0n) is 14.6. The van der Waals surface area contributed by atoms with Gasteiger partial charge in [-0.15, -0.1) is 5.10 Å². The van der Waals surface area contributed by atoms with Gasteiger partial charge < -0.3 is 9.84 Å². The Labute approximate surface area is 154 Å². The third-order valence-electron chi connectivity index (χ3n) is 4.49. The fourth-order valence-electron chi connectivity index (χ4n) is 3.13. The molecule has 0 saturated carbocycles. The van der Waals surface area contributed by atoms with Gasteiger partial charge in [0.1, 0.15) is 5.82 Å². The first-order chi connectivity index (χ1) is 13.1. The first-order valence-electron chi connectivity index (χ1n) is 8.59. The summed E-state index contributed by atoms with van der Waals surface area (Å²) in [6.07, 6.45) is 2.63. The number of hydrogen-bond donors (Lipinski definition) is 2. The van der Waals surface area contributed by atoms with Gasteiger partial charge in [0, 0.05) is 25.9 Å². The van der Waals surface area contributed by atoms with Crippen molar-refractivity contribution in [3.8, 4) is 0 Å². The number of aryl methyl sites for hydroxylation is 1. The summed E-state index contributed by atoms with van der Waals surface area (Å²) in [7, 11) is 1.87. The van der Waals surface area contributed by atoms with Gasteiger partial charge in [-0.1, -0.05) is 22.5 Å². The monoisotopic (exact) mass is 371 g/mol. The number of nitrogens with zero attached hydrogens (tertiary/aromatic N) is 5. The molecule has 1 aliphatic rings. The molecule has 2 N–H and O–H groups in total. The summed E-state index contributed by atoms with van der Waals surface area (Å²) in [4.78, 5) is 16.3. The van der Waals surface area contributed by atoms with Crippen LogP contribution in [0.15, 0.2) is 28.8 Å². The van der Waals surface area contributed by atoms with E-state index in [0.717, 1.165) is 29.8 Å². The van der Waals surface area contributed by atoms with Crippen LogP contribution in [0.1, 0.15) is 29.2 Å². The Morgan fingerprint density at radius 2 is 2.19 bits per heavy atom. The second-order valence-electron chi connectivity index (χ2n) is 6.46. The molecule has 0 bridgehead atoms. The van der Waals surface area contributed by atoms with E-state index in [4.69, 9.17) is 4.52 Å². The Morgan fingerprint density at radius 3 is 3.00 bits per heavy atom. The maximum atomic E-state index is 12.9. The molecule has 2 aromatic heterocycles. The minimum Gasteiger partial charge on any atom is -0.335 e. The molecule has 1 aliphatic carbocycles. The van der Waals surface area contributed by atoms with Crippen molar-refractivity contribution in [3.63, 3.8) is 0 Å². The van der Waals surface area contributed by atoms with E-state index in [1.54, 1.807) is 16.8 Å². The predicted octanol–water partition coefficient (Wildman–Crippen LogP) is 1.61. The summed E-state index contributed by atoms with van der Waals surface area (Å²) < 4.78 is 19.8. The quantitative estimate of drug-likeness (QED) is 0.721. The van der Waals surface area contributed by atoms with E-state index in [-0.39, 0.29) is 17.9 Å². The number of benzene rings is 1. The van der Waals surface area contributed by atoms with Gasteiger partial charge in [0.15, 0.2) is 5.82 Å². The lowest BCUT2D eigenvalue weighted by atomic mass is 9.96. The van der Waals surface area contributed by atoms with E-state index >= 15 is 0 Å². The van der Waals surface area contributed by atoms with E-state index in [1.165, 1.54) is 12.1 Å². The Kier molecular flexibility index (Phi) is 4.53. The van der Waals surface area contributed by atoms with Crippen LogP contribution in [0, 0.1) is 5.82 Å². The number of fused-ring (bicyclic) bond motifs is 1. The van der Waals surface area contributed by atoms with E-state index in [2.05, 4.69) is 31.1 Å². The van der Waals surface area contributed by atoms with E-state index in [1.807, 2.05) is 7.05 Å². The molecule has 0 spiro atoms. The van der Waals surface area contributed by atoms with Gasteiger partial charge in [0.25, 0.3) is 0 Å². The van der Waals surface area contributed by atoms with Crippen LogP contribution >= 0.6 is 0 Å². The average Bonchev–Trinajstić information content (AvgIpc) is 3.23. The first kappa shape index (κ1) is 17.1. The van der Waals surface area contributed by atoms with Gasteiger partial charge >= 0.3 is 12.0 Å². The molecule has 9 nitrogen and oxygen atoms in total. The number of hydrogen-bond acceptors (Lipinski definition) is 6. The second-order valence-corrected chi connectivity index (χ2v) is 6.46. The molecule has 27 heavy (non-hydrogen) atoms. The van der Waals surface area contributed by atoms with Crippen molar-refractivity contribution in [3.05, 3.63) is 52.9 Å². The molecule has 2 amide bonds. The van der Waals surface area contributed by atoms with E-state index in [0.29, 0.717) is 18.7 Å². The van der Waals surface area contributed by atoms with Crippen LogP contribution in [-0.2, 0) is 26.3 Å². The number of anilines is 1. The van der Waals surface area contributed by atoms with E-state index in [9.17, 15) is 9.18 Å². The number of carbonyl (C=O) groups excluding carboxylic acids is 1. The molecule has 1 atom stereocenters. The van der Waals surface area contributed by atoms with Gasteiger partial charge in [-0.3, -0.25) is 10.00 Å². The van der Waals surface area contributed by atoms with Crippen molar-refractivity contribution in [1.82, 2.24) is 30.5 Å². The Morgan fingerprint density at radius 1 is 1.37 bits per heavy atom. The Hall–Kier alpha value is -3.30. The zero-order valence-corrected chi connectivity index (χ0v) is 14.6. The summed E-state index contributed by atoms with van der Waals surface area (Å²) in [6, 6.07) is 5.61. The SMILES string of the molecule is Cn1nnc2c1CCC(NC(=O)Nc1nc(Cc3ccc(F)cc3)no1)C2. The molecule has 3 aromatic rings. The third kappa shape index (κ3) is 3.94. The lowest BCUT2D eigenvalue weighted by Gasteiger charge is -2.22. The number of urea groups is 1. The number of carbonyl (C=O) groups is 1. The molecular weight excluding hydrogens is 353 g/mol. The minimum absolute atomic E-state index is 0.0145. The summed E-state index contributed by atoms with van der Waals surface area (Å²) in [5.74, 6) is 0.0981. The molecular formula is C17H18FN7O2. The molecule has 0 saturated heterocycles. The highest BCUT2D eigenvalue weighted by molar-refractivity contribution is 5.87. The molecule has 0 fully saturated rings. The lowest BCUT2D eigenvalue weighted by molar-refractivity contribution is 0.246. The highest BCUT2D eigenvalue weighted by Crippen LogP contribution is 2.18. The smallest absolute Gasteiger partial charge is 0.329 e. The van der Waals surface area contributed by atoms with Crippen molar-refractivity contribution >= 4 is 12.0 Å². The van der Waals surface area contributed by atoms with Crippen LogP contribution < -0.4 is 10.6 Å². The predicted molar refractivity (Wildman–Crippen MR) is 92.5 cm³/mol. The average molecular weight is 371 g/mol. The maximum Gasteiger partial charge on any atom is 0.329 e.